The third-order valence-electron chi connectivity index (χ3n) is 4.84. The van der Waals surface area contributed by atoms with Crippen LogP contribution in [-0.2, 0) is 10.2 Å². The van der Waals surface area contributed by atoms with Gasteiger partial charge in [0.1, 0.15) is 0 Å². The van der Waals surface area contributed by atoms with Crippen LogP contribution in [0.15, 0.2) is 18.2 Å². The Hall–Kier alpha value is -1.06. The molecule has 2 heterocycles. The van der Waals surface area contributed by atoms with E-state index in [0.29, 0.717) is 12.0 Å². The van der Waals surface area contributed by atoms with Crippen LogP contribution in [0.4, 0.5) is 5.69 Å². The first-order valence-electron chi connectivity index (χ1n) is 8.17. The van der Waals surface area contributed by atoms with Crippen LogP contribution in [0.25, 0.3) is 0 Å². The summed E-state index contributed by atoms with van der Waals surface area (Å²) < 4.78 is 6.42. The average molecular weight is 288 g/mol. The number of likely N-dealkylation sites (N-methyl/N-ethyl adjacent to an activating group) is 1. The van der Waals surface area contributed by atoms with Crippen molar-refractivity contribution in [2.24, 2.45) is 5.92 Å². The molecule has 0 aliphatic carbocycles. The van der Waals surface area contributed by atoms with Crippen molar-refractivity contribution in [2.45, 2.75) is 51.2 Å². The summed E-state index contributed by atoms with van der Waals surface area (Å²) in [5.41, 5.74) is 4.19. The maximum absolute atomic E-state index is 6.42. The number of benzene rings is 1. The molecule has 2 aliphatic heterocycles. The van der Waals surface area contributed by atoms with Crippen molar-refractivity contribution in [1.82, 2.24) is 5.32 Å². The number of hydrogen-bond acceptors (Lipinski definition) is 3. The molecule has 2 N–H and O–H groups in total. The summed E-state index contributed by atoms with van der Waals surface area (Å²) in [4.78, 5) is 0. The highest BCUT2D eigenvalue weighted by Crippen LogP contribution is 2.43. The zero-order valence-electron chi connectivity index (χ0n) is 13.7. The van der Waals surface area contributed by atoms with Gasteiger partial charge >= 0.3 is 0 Å². The Morgan fingerprint density at radius 3 is 2.81 bits per heavy atom. The van der Waals surface area contributed by atoms with Crippen molar-refractivity contribution in [3.8, 4) is 0 Å². The molecule has 1 fully saturated rings. The lowest BCUT2D eigenvalue weighted by atomic mass is 9.80. The van der Waals surface area contributed by atoms with Crippen LogP contribution >= 0.6 is 0 Å². The maximum Gasteiger partial charge on any atom is 0.0894 e. The van der Waals surface area contributed by atoms with Crippen LogP contribution in [0.1, 0.15) is 50.8 Å². The zero-order chi connectivity index (χ0) is 15.0. The highest BCUT2D eigenvalue weighted by Gasteiger charge is 2.36. The van der Waals surface area contributed by atoms with Gasteiger partial charge in [0.15, 0.2) is 0 Å². The molecule has 21 heavy (non-hydrogen) atoms. The number of anilines is 1. The van der Waals surface area contributed by atoms with Gasteiger partial charge in [0.25, 0.3) is 0 Å². The summed E-state index contributed by atoms with van der Waals surface area (Å²) >= 11 is 0. The molecule has 0 amide bonds. The zero-order valence-corrected chi connectivity index (χ0v) is 13.7. The molecule has 1 aromatic carbocycles. The van der Waals surface area contributed by atoms with Gasteiger partial charge in [-0.25, -0.2) is 0 Å². The molecule has 1 saturated heterocycles. The van der Waals surface area contributed by atoms with Crippen molar-refractivity contribution in [1.29, 1.82) is 0 Å². The standard InChI is InChI=1S/C18H28N2O/c1-18(2,3)13-6-8-16-15(9-13)17-12(10-20-16)5-7-14(21-17)11-19-4/h6,8-9,12,14,17,19-20H,5,7,10-11H2,1-4H3. The van der Waals surface area contributed by atoms with E-state index < -0.39 is 0 Å². The highest BCUT2D eigenvalue weighted by atomic mass is 16.5. The fourth-order valence-corrected chi connectivity index (χ4v) is 3.52. The molecule has 3 nitrogen and oxygen atoms in total. The van der Waals surface area contributed by atoms with E-state index in [1.807, 2.05) is 7.05 Å². The minimum atomic E-state index is 0.182. The van der Waals surface area contributed by atoms with Gasteiger partial charge in [0.2, 0.25) is 0 Å². The minimum absolute atomic E-state index is 0.182. The van der Waals surface area contributed by atoms with E-state index in [2.05, 4.69) is 49.6 Å². The van der Waals surface area contributed by atoms with Crippen molar-refractivity contribution in [2.75, 3.05) is 25.5 Å². The molecule has 0 aromatic heterocycles. The second-order valence-corrected chi connectivity index (χ2v) is 7.51. The van der Waals surface area contributed by atoms with E-state index in [9.17, 15) is 0 Å². The second-order valence-electron chi connectivity index (χ2n) is 7.51. The van der Waals surface area contributed by atoms with Gasteiger partial charge < -0.3 is 15.4 Å². The Balaban J connectivity index is 1.91. The molecule has 3 heteroatoms. The van der Waals surface area contributed by atoms with Gasteiger partial charge in [-0.1, -0.05) is 32.9 Å². The Kier molecular flexibility index (Phi) is 3.98. The van der Waals surface area contributed by atoms with Gasteiger partial charge in [-0.05, 0) is 36.9 Å². The first kappa shape index (κ1) is 14.9. The summed E-state index contributed by atoms with van der Waals surface area (Å²) in [6, 6.07) is 6.85. The predicted molar refractivity (Wildman–Crippen MR) is 87.9 cm³/mol. The van der Waals surface area contributed by atoms with Crippen LogP contribution in [0.3, 0.4) is 0 Å². The van der Waals surface area contributed by atoms with Gasteiger partial charge in [-0.3, -0.25) is 0 Å². The lowest BCUT2D eigenvalue weighted by Crippen LogP contribution is -2.40. The Bertz CT molecular complexity index is 506. The fourth-order valence-electron chi connectivity index (χ4n) is 3.52. The molecule has 0 bridgehead atoms. The molecular formula is C18H28N2O. The molecule has 0 saturated carbocycles. The lowest BCUT2D eigenvalue weighted by Gasteiger charge is -2.41. The first-order valence-corrected chi connectivity index (χ1v) is 8.17. The second kappa shape index (κ2) is 5.62. The molecule has 1 aromatic rings. The van der Waals surface area contributed by atoms with Crippen molar-refractivity contribution in [3.63, 3.8) is 0 Å². The first-order chi connectivity index (χ1) is 9.99. The van der Waals surface area contributed by atoms with Crippen LogP contribution in [0.5, 0.6) is 0 Å². The van der Waals surface area contributed by atoms with Gasteiger partial charge in [0.05, 0.1) is 12.2 Å². The minimum Gasteiger partial charge on any atom is -0.384 e. The largest absolute Gasteiger partial charge is 0.384 e. The van der Waals surface area contributed by atoms with E-state index >= 15 is 0 Å². The van der Waals surface area contributed by atoms with Gasteiger partial charge in [-0.2, -0.15) is 0 Å². The van der Waals surface area contributed by atoms with Crippen molar-refractivity contribution in [3.05, 3.63) is 29.3 Å². The number of ether oxygens (including phenoxy) is 1. The van der Waals surface area contributed by atoms with Crippen LogP contribution in [0, 0.1) is 5.92 Å². The SMILES string of the molecule is CNCC1CCC2CNc3ccc(C(C)(C)C)cc3C2O1. The smallest absolute Gasteiger partial charge is 0.0894 e. The van der Waals surface area contributed by atoms with E-state index in [0.717, 1.165) is 19.5 Å². The molecule has 3 unspecified atom stereocenters. The summed E-state index contributed by atoms with van der Waals surface area (Å²) in [7, 11) is 2.00. The summed E-state index contributed by atoms with van der Waals surface area (Å²) in [5, 5.41) is 6.84. The van der Waals surface area contributed by atoms with Gasteiger partial charge in [-0.15, -0.1) is 0 Å². The third kappa shape index (κ3) is 2.95. The molecule has 3 rings (SSSR count). The van der Waals surface area contributed by atoms with Crippen molar-refractivity contribution >= 4 is 5.69 Å². The molecule has 0 spiro atoms. The lowest BCUT2D eigenvalue weighted by molar-refractivity contribution is -0.0820. The number of rotatable bonds is 2. The molecule has 3 atom stereocenters. The van der Waals surface area contributed by atoms with E-state index in [-0.39, 0.29) is 11.5 Å². The number of hydrogen-bond donors (Lipinski definition) is 2. The predicted octanol–water partition coefficient (Wildman–Crippen LogP) is 3.47. The number of nitrogens with one attached hydrogen (secondary N) is 2. The number of fused-ring (bicyclic) bond motifs is 3. The average Bonchev–Trinajstić information content (AvgIpc) is 2.46. The highest BCUT2D eigenvalue weighted by molar-refractivity contribution is 5.57. The summed E-state index contributed by atoms with van der Waals surface area (Å²) in [5.74, 6) is 0.612. The Morgan fingerprint density at radius 1 is 1.29 bits per heavy atom. The monoisotopic (exact) mass is 288 g/mol. The molecule has 0 radical (unpaired) electrons. The molecule has 2 aliphatic rings. The van der Waals surface area contributed by atoms with E-state index in [4.69, 9.17) is 4.74 Å². The normalized spacial score (nSPS) is 28.5. The molecular weight excluding hydrogens is 260 g/mol. The van der Waals surface area contributed by atoms with Gasteiger partial charge in [0, 0.05) is 30.3 Å². The Morgan fingerprint density at radius 2 is 2.10 bits per heavy atom. The fraction of sp³-hybridized carbons (Fsp3) is 0.667. The van der Waals surface area contributed by atoms with Crippen molar-refractivity contribution < 1.29 is 4.74 Å². The van der Waals surface area contributed by atoms with Crippen LogP contribution in [0.2, 0.25) is 0 Å². The quantitative estimate of drug-likeness (QED) is 0.874. The Labute approximate surface area is 128 Å². The topological polar surface area (TPSA) is 33.3 Å². The van der Waals surface area contributed by atoms with E-state index in [1.165, 1.54) is 23.2 Å². The third-order valence-corrected chi connectivity index (χ3v) is 4.84. The summed E-state index contributed by atoms with van der Waals surface area (Å²) in [6.45, 7) is 8.81. The maximum atomic E-state index is 6.42. The van der Waals surface area contributed by atoms with E-state index in [1.54, 1.807) is 0 Å². The van der Waals surface area contributed by atoms with Crippen LogP contribution < -0.4 is 10.6 Å². The summed E-state index contributed by atoms with van der Waals surface area (Å²) in [6.07, 6.45) is 3.03. The van der Waals surface area contributed by atoms with Crippen LogP contribution in [-0.4, -0.2) is 26.2 Å². The molecule has 116 valence electrons.